The molecule has 1 rings (SSSR count). The molecule has 0 fully saturated rings. The number of hydrogen-bond acceptors (Lipinski definition) is 4. The number of nitrogens with zero attached hydrogens (tertiary/aromatic N) is 2. The van der Waals surface area contributed by atoms with E-state index in [9.17, 15) is 13.2 Å². The highest BCUT2D eigenvalue weighted by atomic mass is 19.4. The van der Waals surface area contributed by atoms with E-state index in [1.54, 1.807) is 19.1 Å². The Labute approximate surface area is 110 Å². The minimum absolute atomic E-state index is 0.309. The van der Waals surface area contributed by atoms with E-state index in [-0.39, 0.29) is 0 Å². The Hall–Kier alpha value is -1.34. The molecule has 0 bridgehead atoms. The lowest BCUT2D eigenvalue weighted by molar-refractivity contribution is -0.137. The first-order valence-electron chi connectivity index (χ1n) is 5.89. The highest BCUT2D eigenvalue weighted by Crippen LogP contribution is 2.30. The highest BCUT2D eigenvalue weighted by molar-refractivity contribution is 5.40. The van der Waals surface area contributed by atoms with E-state index < -0.39 is 11.7 Å². The van der Waals surface area contributed by atoms with E-state index in [1.165, 1.54) is 6.20 Å². The fraction of sp³-hybridized carbons (Fsp3) is 0.583. The zero-order chi connectivity index (χ0) is 14.3. The molecule has 1 aromatic heterocycles. The number of alkyl halides is 3. The van der Waals surface area contributed by atoms with Crippen molar-refractivity contribution in [2.24, 2.45) is 0 Å². The summed E-state index contributed by atoms with van der Waals surface area (Å²) in [6.07, 6.45) is -3.16. The van der Waals surface area contributed by atoms with Crippen molar-refractivity contribution < 1.29 is 17.9 Å². The van der Waals surface area contributed by atoms with Crippen LogP contribution in [-0.2, 0) is 10.9 Å². The van der Waals surface area contributed by atoms with Crippen molar-refractivity contribution in [3.05, 3.63) is 23.9 Å². The van der Waals surface area contributed by atoms with Gasteiger partial charge in [0.05, 0.1) is 12.2 Å². The fourth-order valence-corrected chi connectivity index (χ4v) is 1.46. The van der Waals surface area contributed by atoms with Crippen LogP contribution in [0.15, 0.2) is 18.3 Å². The van der Waals surface area contributed by atoms with Gasteiger partial charge in [0, 0.05) is 40.0 Å². The number of hydrogen-bond donors (Lipinski definition) is 1. The number of anilines is 1. The van der Waals surface area contributed by atoms with E-state index >= 15 is 0 Å². The van der Waals surface area contributed by atoms with Crippen molar-refractivity contribution in [3.8, 4) is 0 Å². The second kappa shape index (κ2) is 7.30. The second-order valence-corrected chi connectivity index (χ2v) is 4.06. The topological polar surface area (TPSA) is 37.4 Å². The molecule has 1 aromatic rings. The number of pyridine rings is 1. The number of rotatable bonds is 7. The largest absolute Gasteiger partial charge is 0.416 e. The summed E-state index contributed by atoms with van der Waals surface area (Å²) in [5, 5.41) is 3.12. The number of likely N-dealkylation sites (N-methyl/N-ethyl adjacent to an activating group) is 1. The molecule has 7 heteroatoms. The molecule has 19 heavy (non-hydrogen) atoms. The van der Waals surface area contributed by atoms with Crippen LogP contribution in [0.4, 0.5) is 19.0 Å². The molecule has 0 unspecified atom stereocenters. The molecular weight excluding hydrogens is 259 g/mol. The number of nitrogens with one attached hydrogen (secondary N) is 1. The van der Waals surface area contributed by atoms with Gasteiger partial charge in [-0.3, -0.25) is 0 Å². The van der Waals surface area contributed by atoms with E-state index in [0.717, 1.165) is 12.1 Å². The number of halogens is 3. The van der Waals surface area contributed by atoms with Crippen LogP contribution in [0, 0.1) is 0 Å². The lowest BCUT2D eigenvalue weighted by atomic mass is 10.2. The smallest absolute Gasteiger partial charge is 0.383 e. The Balaban J connectivity index is 2.50. The van der Waals surface area contributed by atoms with Gasteiger partial charge in [-0.1, -0.05) is 0 Å². The third kappa shape index (κ3) is 5.44. The monoisotopic (exact) mass is 277 g/mol. The van der Waals surface area contributed by atoms with Crippen LogP contribution in [0.1, 0.15) is 5.56 Å². The zero-order valence-electron chi connectivity index (χ0n) is 11.0. The van der Waals surface area contributed by atoms with E-state index in [4.69, 9.17) is 4.74 Å². The molecule has 0 aliphatic heterocycles. The summed E-state index contributed by atoms with van der Waals surface area (Å²) in [5.41, 5.74) is -0.684. The summed E-state index contributed by atoms with van der Waals surface area (Å²) in [4.78, 5) is 5.62. The Morgan fingerprint density at radius 1 is 1.37 bits per heavy atom. The fourth-order valence-electron chi connectivity index (χ4n) is 1.46. The van der Waals surface area contributed by atoms with Crippen molar-refractivity contribution >= 4 is 5.82 Å². The molecule has 0 aliphatic carbocycles. The van der Waals surface area contributed by atoms with Gasteiger partial charge < -0.3 is 15.0 Å². The first kappa shape index (κ1) is 15.7. The van der Waals surface area contributed by atoms with Crippen LogP contribution in [-0.4, -0.2) is 45.4 Å². The van der Waals surface area contributed by atoms with Gasteiger partial charge in [0.15, 0.2) is 0 Å². The van der Waals surface area contributed by atoms with Gasteiger partial charge in [0.25, 0.3) is 0 Å². The molecular formula is C12H18F3N3O. The van der Waals surface area contributed by atoms with Crippen LogP contribution in [0.25, 0.3) is 0 Å². The molecule has 0 saturated heterocycles. The van der Waals surface area contributed by atoms with Crippen molar-refractivity contribution in [2.45, 2.75) is 6.18 Å². The van der Waals surface area contributed by atoms with Crippen LogP contribution >= 0.6 is 0 Å². The average molecular weight is 277 g/mol. The summed E-state index contributed by atoms with van der Waals surface area (Å²) >= 11 is 0. The quantitative estimate of drug-likeness (QED) is 0.771. The number of methoxy groups -OCH3 is 1. The third-order valence-electron chi connectivity index (χ3n) is 2.57. The van der Waals surface area contributed by atoms with Crippen molar-refractivity contribution in [2.75, 3.05) is 45.3 Å². The van der Waals surface area contributed by atoms with Crippen LogP contribution in [0.5, 0.6) is 0 Å². The summed E-state index contributed by atoms with van der Waals surface area (Å²) in [7, 11) is 3.32. The number of aromatic nitrogens is 1. The highest BCUT2D eigenvalue weighted by Gasteiger charge is 2.30. The molecule has 0 spiro atoms. The van der Waals surface area contributed by atoms with E-state index in [0.29, 0.717) is 32.1 Å². The van der Waals surface area contributed by atoms with Gasteiger partial charge in [-0.25, -0.2) is 4.98 Å². The van der Waals surface area contributed by atoms with Gasteiger partial charge in [0.2, 0.25) is 0 Å². The zero-order valence-corrected chi connectivity index (χ0v) is 11.0. The van der Waals surface area contributed by atoms with Crippen LogP contribution < -0.4 is 10.2 Å². The van der Waals surface area contributed by atoms with E-state index in [1.807, 2.05) is 0 Å². The summed E-state index contributed by atoms with van der Waals surface area (Å²) in [5.74, 6) is 0.309. The molecule has 0 aromatic carbocycles. The summed E-state index contributed by atoms with van der Waals surface area (Å²) < 4.78 is 42.5. The average Bonchev–Trinajstić information content (AvgIpc) is 2.37. The van der Waals surface area contributed by atoms with Gasteiger partial charge >= 0.3 is 6.18 Å². The van der Waals surface area contributed by atoms with Crippen molar-refractivity contribution in [1.82, 2.24) is 10.3 Å². The Bertz CT molecular complexity index is 385. The lowest BCUT2D eigenvalue weighted by Gasteiger charge is -2.19. The molecule has 1 N–H and O–H groups in total. The summed E-state index contributed by atoms with van der Waals surface area (Å²) in [6, 6.07) is 2.02. The predicted octanol–water partition coefficient (Wildman–Crippen LogP) is 1.77. The maximum Gasteiger partial charge on any atom is 0.416 e. The molecule has 108 valence electrons. The second-order valence-electron chi connectivity index (χ2n) is 4.06. The van der Waals surface area contributed by atoms with Gasteiger partial charge in [0.1, 0.15) is 5.82 Å². The van der Waals surface area contributed by atoms with Crippen molar-refractivity contribution in [1.29, 1.82) is 0 Å². The first-order chi connectivity index (χ1) is 8.95. The Kier molecular flexibility index (Phi) is 6.04. The van der Waals surface area contributed by atoms with Gasteiger partial charge in [-0.15, -0.1) is 0 Å². The molecule has 0 radical (unpaired) electrons. The Morgan fingerprint density at radius 2 is 2.11 bits per heavy atom. The Morgan fingerprint density at radius 3 is 2.74 bits per heavy atom. The molecule has 0 aliphatic rings. The van der Waals surface area contributed by atoms with Gasteiger partial charge in [-0.05, 0) is 12.1 Å². The standard InChI is InChI=1S/C12H18F3N3O/c1-18(7-5-16-6-8-19-2)11-9-10(3-4-17-11)12(13,14)15/h3-4,9,16H,5-8H2,1-2H3. The summed E-state index contributed by atoms with van der Waals surface area (Å²) in [6.45, 7) is 2.53. The lowest BCUT2D eigenvalue weighted by Crippen LogP contribution is -2.31. The van der Waals surface area contributed by atoms with Crippen molar-refractivity contribution in [3.63, 3.8) is 0 Å². The molecule has 4 nitrogen and oxygen atoms in total. The third-order valence-corrected chi connectivity index (χ3v) is 2.57. The minimum atomic E-state index is -4.34. The minimum Gasteiger partial charge on any atom is -0.383 e. The van der Waals surface area contributed by atoms with Gasteiger partial charge in [-0.2, -0.15) is 13.2 Å². The molecule has 1 heterocycles. The molecule has 0 amide bonds. The van der Waals surface area contributed by atoms with E-state index in [2.05, 4.69) is 10.3 Å². The van der Waals surface area contributed by atoms with Crippen LogP contribution in [0.2, 0.25) is 0 Å². The predicted molar refractivity (Wildman–Crippen MR) is 67.3 cm³/mol. The normalized spacial score (nSPS) is 11.6. The number of ether oxygens (including phenoxy) is 1. The SMILES string of the molecule is COCCNCCN(C)c1cc(C(F)(F)F)ccn1. The molecule has 0 saturated carbocycles. The first-order valence-corrected chi connectivity index (χ1v) is 5.89. The van der Waals surface area contributed by atoms with Crippen LogP contribution in [0.3, 0.4) is 0 Å². The molecule has 0 atom stereocenters. The maximum absolute atomic E-state index is 12.6. The maximum atomic E-state index is 12.6.